The lowest BCUT2D eigenvalue weighted by atomic mass is 9.85. The molecule has 1 unspecified atom stereocenters. The predicted molar refractivity (Wildman–Crippen MR) is 81.8 cm³/mol. The quantitative estimate of drug-likeness (QED) is 0.754. The van der Waals surface area contributed by atoms with Crippen LogP contribution in [0.4, 0.5) is 28.9 Å². The first-order valence-corrected chi connectivity index (χ1v) is 7.48. The second kappa shape index (κ2) is 6.05. The van der Waals surface area contributed by atoms with Gasteiger partial charge in [0.25, 0.3) is 0 Å². The average molecular weight is 340 g/mol. The molecule has 0 saturated heterocycles. The Morgan fingerprint density at radius 3 is 2.58 bits per heavy atom. The molecule has 7 heteroatoms. The molecular formula is C17H16F4N2O. The van der Waals surface area contributed by atoms with Crippen LogP contribution in [-0.4, -0.2) is 24.0 Å². The number of hydrogen-bond acceptors (Lipinski definition) is 3. The van der Waals surface area contributed by atoms with Crippen molar-refractivity contribution in [1.29, 1.82) is 0 Å². The molecule has 1 aromatic carbocycles. The number of aromatic nitrogens is 1. The van der Waals surface area contributed by atoms with Gasteiger partial charge in [0, 0.05) is 11.9 Å². The molecule has 24 heavy (non-hydrogen) atoms. The van der Waals surface area contributed by atoms with Crippen LogP contribution in [0.1, 0.15) is 30.9 Å². The molecule has 1 aromatic heterocycles. The molecule has 3 rings (SSSR count). The minimum atomic E-state index is -4.54. The Bertz CT molecular complexity index is 746. The molecule has 2 heterocycles. The molecular weight excluding hydrogens is 324 g/mol. The lowest BCUT2D eigenvalue weighted by Gasteiger charge is -2.37. The van der Waals surface area contributed by atoms with Gasteiger partial charge >= 0.3 is 6.18 Å². The highest BCUT2D eigenvalue weighted by molar-refractivity contribution is 5.75. The largest absolute Gasteiger partial charge is 0.399 e. The van der Waals surface area contributed by atoms with Gasteiger partial charge in [-0.3, -0.25) is 4.98 Å². The van der Waals surface area contributed by atoms with Crippen LogP contribution in [-0.2, 0) is 4.74 Å². The number of pyridine rings is 1. The first-order chi connectivity index (χ1) is 11.3. The summed E-state index contributed by atoms with van der Waals surface area (Å²) in [5.41, 5.74) is 0.524. The van der Waals surface area contributed by atoms with Gasteiger partial charge in [-0.25, -0.2) is 4.39 Å². The van der Waals surface area contributed by atoms with Crippen LogP contribution in [0.5, 0.6) is 0 Å². The van der Waals surface area contributed by atoms with Crippen molar-refractivity contribution in [2.24, 2.45) is 0 Å². The van der Waals surface area contributed by atoms with Gasteiger partial charge in [-0.05, 0) is 49.2 Å². The maximum Gasteiger partial charge on any atom is 0.399 e. The molecule has 1 atom stereocenters. The van der Waals surface area contributed by atoms with Gasteiger partial charge in [0.05, 0.1) is 18.0 Å². The number of hydrogen-bond donors (Lipinski definition) is 0. The first-order valence-electron chi connectivity index (χ1n) is 7.48. The Morgan fingerprint density at radius 1 is 1.17 bits per heavy atom. The van der Waals surface area contributed by atoms with E-state index in [0.29, 0.717) is 5.69 Å². The Hall–Kier alpha value is -2.15. The zero-order valence-electron chi connectivity index (χ0n) is 13.1. The summed E-state index contributed by atoms with van der Waals surface area (Å²) in [7, 11) is 0. The van der Waals surface area contributed by atoms with Crippen LogP contribution >= 0.6 is 0 Å². The van der Waals surface area contributed by atoms with Crippen LogP contribution in [0.2, 0.25) is 0 Å². The van der Waals surface area contributed by atoms with E-state index >= 15 is 0 Å². The monoisotopic (exact) mass is 340 g/mol. The third-order valence-electron chi connectivity index (χ3n) is 3.89. The summed E-state index contributed by atoms with van der Waals surface area (Å²) in [6.07, 6.45) is -1.95. The van der Waals surface area contributed by atoms with Gasteiger partial charge in [-0.1, -0.05) is 0 Å². The zero-order chi connectivity index (χ0) is 17.5. The smallest absolute Gasteiger partial charge is 0.358 e. The third-order valence-corrected chi connectivity index (χ3v) is 3.89. The number of nitrogens with zero attached hydrogens (tertiary/aromatic N) is 2. The van der Waals surface area contributed by atoms with Crippen LogP contribution in [0.25, 0.3) is 0 Å². The van der Waals surface area contributed by atoms with Gasteiger partial charge < -0.3 is 9.64 Å². The highest BCUT2D eigenvalue weighted by Gasteiger charge is 2.47. The molecule has 1 aliphatic rings. The maximum absolute atomic E-state index is 13.7. The number of rotatable bonds is 3. The lowest BCUT2D eigenvalue weighted by Crippen LogP contribution is -2.34. The summed E-state index contributed by atoms with van der Waals surface area (Å²) in [5, 5.41) is 0. The fraction of sp³-hybridized carbons (Fsp3) is 0.353. The van der Waals surface area contributed by atoms with E-state index in [4.69, 9.17) is 4.74 Å². The second-order valence-electron chi connectivity index (χ2n) is 5.88. The van der Waals surface area contributed by atoms with Crippen molar-refractivity contribution in [2.45, 2.75) is 32.0 Å². The number of fused-ring (bicyclic) bond motifs is 2. The number of benzene rings is 1. The average Bonchev–Trinajstić information content (AvgIpc) is 2.49. The molecule has 0 aliphatic carbocycles. The molecule has 0 bridgehead atoms. The molecule has 0 amide bonds. The Morgan fingerprint density at radius 2 is 1.92 bits per heavy atom. The van der Waals surface area contributed by atoms with Crippen molar-refractivity contribution >= 4 is 11.4 Å². The van der Waals surface area contributed by atoms with E-state index in [9.17, 15) is 17.6 Å². The summed E-state index contributed by atoms with van der Waals surface area (Å²) in [6.45, 7) is 3.72. The van der Waals surface area contributed by atoms with E-state index in [0.717, 1.165) is 12.1 Å². The minimum absolute atomic E-state index is 0.0444. The Labute approximate surface area is 136 Å². The number of alkyl halides is 3. The fourth-order valence-corrected chi connectivity index (χ4v) is 2.88. The van der Waals surface area contributed by atoms with Crippen LogP contribution in [0, 0.1) is 5.82 Å². The molecule has 3 nitrogen and oxygen atoms in total. The molecule has 0 N–H and O–H groups in total. The molecule has 0 saturated carbocycles. The predicted octanol–water partition coefficient (Wildman–Crippen LogP) is 4.75. The van der Waals surface area contributed by atoms with E-state index in [1.807, 2.05) is 13.8 Å². The summed E-state index contributed by atoms with van der Waals surface area (Å²) in [4.78, 5) is 5.54. The summed E-state index contributed by atoms with van der Waals surface area (Å²) in [6, 6.07) is 4.77. The lowest BCUT2D eigenvalue weighted by molar-refractivity contribution is -0.141. The Kier molecular flexibility index (Phi) is 4.21. The van der Waals surface area contributed by atoms with Crippen LogP contribution < -0.4 is 4.90 Å². The number of anilines is 2. The summed E-state index contributed by atoms with van der Waals surface area (Å²) in [5.74, 6) is -2.60. The zero-order valence-corrected chi connectivity index (χ0v) is 13.1. The van der Waals surface area contributed by atoms with Crippen molar-refractivity contribution in [2.75, 3.05) is 11.6 Å². The SMILES string of the molecule is CC(C)OCN1c2ccc(F)cc2C(C(F)(F)F)c2ccncc21. The molecule has 0 fully saturated rings. The van der Waals surface area contributed by atoms with Gasteiger partial charge in [-0.15, -0.1) is 0 Å². The van der Waals surface area contributed by atoms with Gasteiger partial charge in [0.15, 0.2) is 0 Å². The Balaban J connectivity index is 2.19. The van der Waals surface area contributed by atoms with Crippen molar-refractivity contribution in [3.8, 4) is 0 Å². The van der Waals surface area contributed by atoms with Gasteiger partial charge in [0.2, 0.25) is 0 Å². The normalized spacial score (nSPS) is 17.0. The van der Waals surface area contributed by atoms with E-state index in [-0.39, 0.29) is 29.6 Å². The van der Waals surface area contributed by atoms with Gasteiger partial charge in [0.1, 0.15) is 18.5 Å². The molecule has 128 valence electrons. The maximum atomic E-state index is 13.7. The highest BCUT2D eigenvalue weighted by atomic mass is 19.4. The number of halogens is 4. The van der Waals surface area contributed by atoms with Crippen LogP contribution in [0.3, 0.4) is 0 Å². The van der Waals surface area contributed by atoms with Gasteiger partial charge in [-0.2, -0.15) is 13.2 Å². The van der Waals surface area contributed by atoms with Crippen molar-refractivity contribution < 1.29 is 22.3 Å². The van der Waals surface area contributed by atoms with E-state index < -0.39 is 17.9 Å². The first kappa shape index (κ1) is 16.7. The number of ether oxygens (including phenoxy) is 1. The molecule has 0 spiro atoms. The van der Waals surface area contributed by atoms with E-state index in [1.54, 1.807) is 4.90 Å². The molecule has 2 aromatic rings. The summed E-state index contributed by atoms with van der Waals surface area (Å²) < 4.78 is 60.2. The van der Waals surface area contributed by atoms with Crippen molar-refractivity contribution in [3.63, 3.8) is 0 Å². The molecule has 0 radical (unpaired) electrons. The van der Waals surface area contributed by atoms with Crippen molar-refractivity contribution in [1.82, 2.24) is 4.98 Å². The minimum Gasteiger partial charge on any atom is -0.358 e. The highest BCUT2D eigenvalue weighted by Crippen LogP contribution is 2.51. The summed E-state index contributed by atoms with van der Waals surface area (Å²) >= 11 is 0. The topological polar surface area (TPSA) is 25.4 Å². The van der Waals surface area contributed by atoms with E-state index in [2.05, 4.69) is 4.98 Å². The third kappa shape index (κ3) is 2.96. The van der Waals surface area contributed by atoms with Crippen LogP contribution in [0.15, 0.2) is 36.7 Å². The van der Waals surface area contributed by atoms with E-state index in [1.165, 1.54) is 24.5 Å². The van der Waals surface area contributed by atoms with Crippen molar-refractivity contribution in [3.05, 3.63) is 53.6 Å². The second-order valence-corrected chi connectivity index (χ2v) is 5.88. The molecule has 1 aliphatic heterocycles. The standard InChI is InChI=1S/C17H16F4N2O/c1-10(2)24-9-23-14-4-3-11(18)7-13(14)16(17(19,20)21)12-5-6-22-8-15(12)23/h3-8,10,16H,9H2,1-2H3. The fourth-order valence-electron chi connectivity index (χ4n) is 2.88.